The van der Waals surface area contributed by atoms with Gasteiger partial charge >= 0.3 is 12.1 Å². The van der Waals surface area contributed by atoms with Crippen molar-refractivity contribution in [3.05, 3.63) is 35.9 Å². The predicted molar refractivity (Wildman–Crippen MR) is 81.2 cm³/mol. The smallest absolute Gasteiger partial charge is 0.390 e. The number of esters is 1. The minimum atomic E-state index is -4.55. The summed E-state index contributed by atoms with van der Waals surface area (Å²) < 4.78 is 42.0. The molecule has 1 aromatic carbocycles. The molecule has 2 atom stereocenters. The maximum atomic E-state index is 12.9. The fourth-order valence-corrected chi connectivity index (χ4v) is 2.52. The molecule has 0 aliphatic carbocycles. The monoisotopic (exact) mass is 381 g/mol. The second kappa shape index (κ2) is 6.58. The van der Waals surface area contributed by atoms with Gasteiger partial charge in [-0.05, 0) is 26.3 Å². The van der Waals surface area contributed by atoms with Crippen LogP contribution in [0.5, 0.6) is 0 Å². The number of halogens is 4. The average Bonchev–Trinajstić information content (AvgIpc) is 2.33. The third kappa shape index (κ3) is 5.61. The van der Waals surface area contributed by atoms with Crippen LogP contribution in [0, 0.1) is 5.92 Å². The van der Waals surface area contributed by atoms with Crippen molar-refractivity contribution in [2.45, 2.75) is 43.4 Å². The topological polar surface area (TPSA) is 52.3 Å². The molecule has 0 aliphatic heterocycles. The lowest BCUT2D eigenvalue weighted by molar-refractivity contribution is -0.178. The Labute approximate surface area is 136 Å². The van der Waals surface area contributed by atoms with E-state index in [1.807, 2.05) is 0 Å². The van der Waals surface area contributed by atoms with Crippen LogP contribution in [0.25, 0.3) is 0 Å². The van der Waals surface area contributed by atoms with Gasteiger partial charge in [0.25, 0.3) is 0 Å². The first-order valence-corrected chi connectivity index (χ1v) is 7.45. The Kier molecular flexibility index (Phi) is 5.67. The van der Waals surface area contributed by atoms with Crippen molar-refractivity contribution in [3.8, 4) is 0 Å². The predicted octanol–water partition coefficient (Wildman–Crippen LogP) is 4.10. The van der Waals surface area contributed by atoms with Gasteiger partial charge in [-0.3, -0.25) is 4.79 Å². The number of rotatable bonds is 4. The van der Waals surface area contributed by atoms with Crippen molar-refractivity contribution >= 4 is 21.9 Å². The van der Waals surface area contributed by atoms with Crippen molar-refractivity contribution in [2.24, 2.45) is 11.7 Å². The number of alkyl halides is 4. The molecule has 1 aromatic rings. The standard InChI is InChI=1S/C15H19BrF3NO2/c1-13(2,3)22-12(21)11(9-14(17,18)19)15(16,20)10-7-5-4-6-8-10/h4-8,11H,9,20H2,1-3H3. The summed E-state index contributed by atoms with van der Waals surface area (Å²) in [5, 5.41) is 0. The average molecular weight is 382 g/mol. The van der Waals surface area contributed by atoms with Crippen LogP contribution in [0.4, 0.5) is 13.2 Å². The Morgan fingerprint density at radius 3 is 2.14 bits per heavy atom. The van der Waals surface area contributed by atoms with Gasteiger partial charge in [-0.25, -0.2) is 0 Å². The molecule has 1 rings (SSSR count). The summed E-state index contributed by atoms with van der Waals surface area (Å²) in [5.74, 6) is -2.60. The zero-order chi connectivity index (χ0) is 17.2. The number of ether oxygens (including phenoxy) is 1. The number of carbonyl (C=O) groups is 1. The number of carbonyl (C=O) groups excluding carboxylic acids is 1. The molecule has 0 aliphatic rings. The quantitative estimate of drug-likeness (QED) is 0.485. The Hall–Kier alpha value is -1.08. The van der Waals surface area contributed by atoms with Gasteiger partial charge in [-0.1, -0.05) is 46.3 Å². The zero-order valence-electron chi connectivity index (χ0n) is 12.6. The summed E-state index contributed by atoms with van der Waals surface area (Å²) in [4.78, 5) is 12.2. The molecule has 0 radical (unpaired) electrons. The summed E-state index contributed by atoms with van der Waals surface area (Å²) in [6.45, 7) is 4.76. The Balaban J connectivity index is 3.17. The van der Waals surface area contributed by atoms with E-state index in [1.54, 1.807) is 51.1 Å². The summed E-state index contributed by atoms with van der Waals surface area (Å²) in [6, 6.07) is 8.10. The molecular weight excluding hydrogens is 363 g/mol. The van der Waals surface area contributed by atoms with Crippen LogP contribution >= 0.6 is 15.9 Å². The largest absolute Gasteiger partial charge is 0.460 e. The lowest BCUT2D eigenvalue weighted by atomic mass is 9.90. The van der Waals surface area contributed by atoms with Gasteiger partial charge in [0.1, 0.15) is 10.0 Å². The van der Waals surface area contributed by atoms with E-state index in [4.69, 9.17) is 10.5 Å². The lowest BCUT2D eigenvalue weighted by Gasteiger charge is -2.33. The maximum absolute atomic E-state index is 12.9. The number of benzene rings is 1. The third-order valence-corrected chi connectivity index (χ3v) is 3.86. The van der Waals surface area contributed by atoms with Gasteiger partial charge in [0.15, 0.2) is 0 Å². The minimum Gasteiger partial charge on any atom is -0.460 e. The Bertz CT molecular complexity index is 510. The zero-order valence-corrected chi connectivity index (χ0v) is 14.2. The van der Waals surface area contributed by atoms with Crippen molar-refractivity contribution in [1.82, 2.24) is 0 Å². The van der Waals surface area contributed by atoms with E-state index < -0.39 is 34.5 Å². The molecule has 0 heterocycles. The van der Waals surface area contributed by atoms with Crippen LogP contribution in [0.3, 0.4) is 0 Å². The highest BCUT2D eigenvalue weighted by molar-refractivity contribution is 9.09. The van der Waals surface area contributed by atoms with E-state index in [-0.39, 0.29) is 0 Å². The summed E-state index contributed by atoms with van der Waals surface area (Å²) in [5.41, 5.74) is 5.49. The van der Waals surface area contributed by atoms with Crippen LogP contribution in [0.2, 0.25) is 0 Å². The van der Waals surface area contributed by atoms with Crippen LogP contribution in [-0.2, 0) is 14.0 Å². The molecule has 0 saturated carbocycles. The van der Waals surface area contributed by atoms with Gasteiger partial charge in [0, 0.05) is 0 Å². The Morgan fingerprint density at radius 2 is 1.73 bits per heavy atom. The molecule has 22 heavy (non-hydrogen) atoms. The molecule has 7 heteroatoms. The summed E-state index contributed by atoms with van der Waals surface area (Å²) in [6.07, 6.45) is -5.92. The molecule has 0 saturated heterocycles. The molecule has 0 amide bonds. The second-order valence-corrected chi connectivity index (χ2v) is 7.35. The third-order valence-electron chi connectivity index (χ3n) is 2.85. The van der Waals surface area contributed by atoms with E-state index in [0.29, 0.717) is 5.56 Å². The highest BCUT2D eigenvalue weighted by Gasteiger charge is 2.47. The number of hydrogen-bond acceptors (Lipinski definition) is 3. The van der Waals surface area contributed by atoms with Crippen LogP contribution < -0.4 is 5.73 Å². The molecule has 0 spiro atoms. The first kappa shape index (κ1) is 19.0. The molecule has 2 N–H and O–H groups in total. The lowest BCUT2D eigenvalue weighted by Crippen LogP contribution is -2.46. The number of hydrogen-bond donors (Lipinski definition) is 1. The molecular formula is C15H19BrF3NO2. The Morgan fingerprint density at radius 1 is 1.23 bits per heavy atom. The van der Waals surface area contributed by atoms with Crippen LogP contribution in [0.1, 0.15) is 32.8 Å². The van der Waals surface area contributed by atoms with E-state index in [0.717, 1.165) is 0 Å². The van der Waals surface area contributed by atoms with Crippen molar-refractivity contribution in [1.29, 1.82) is 0 Å². The van der Waals surface area contributed by atoms with Gasteiger partial charge in [-0.15, -0.1) is 0 Å². The van der Waals surface area contributed by atoms with E-state index >= 15 is 0 Å². The highest BCUT2D eigenvalue weighted by atomic mass is 79.9. The normalized spacial score (nSPS) is 16.7. The SMILES string of the molecule is CC(C)(C)OC(=O)C(CC(F)(F)F)C(N)(Br)c1ccccc1. The van der Waals surface area contributed by atoms with Crippen molar-refractivity contribution in [3.63, 3.8) is 0 Å². The molecule has 0 aromatic heterocycles. The van der Waals surface area contributed by atoms with Gasteiger partial charge < -0.3 is 10.5 Å². The van der Waals surface area contributed by atoms with Crippen molar-refractivity contribution < 1.29 is 22.7 Å². The first-order chi connectivity index (χ1) is 9.83. The van der Waals surface area contributed by atoms with Gasteiger partial charge in [0.2, 0.25) is 0 Å². The molecule has 2 unspecified atom stereocenters. The fraction of sp³-hybridized carbons (Fsp3) is 0.533. The van der Waals surface area contributed by atoms with Gasteiger partial charge in [0.05, 0.1) is 12.3 Å². The van der Waals surface area contributed by atoms with Crippen LogP contribution in [0.15, 0.2) is 30.3 Å². The van der Waals surface area contributed by atoms with E-state index in [2.05, 4.69) is 15.9 Å². The fourth-order valence-electron chi connectivity index (χ4n) is 1.90. The minimum absolute atomic E-state index is 0.370. The highest BCUT2D eigenvalue weighted by Crippen LogP contribution is 2.41. The number of nitrogens with two attached hydrogens (primary N) is 1. The second-order valence-electron chi connectivity index (χ2n) is 6.04. The molecule has 124 valence electrons. The van der Waals surface area contributed by atoms with Crippen LogP contribution in [-0.4, -0.2) is 17.7 Å². The first-order valence-electron chi connectivity index (χ1n) is 6.66. The molecule has 0 fully saturated rings. The van der Waals surface area contributed by atoms with E-state index in [1.165, 1.54) is 0 Å². The summed E-state index contributed by atoms with van der Waals surface area (Å²) >= 11 is 3.09. The maximum Gasteiger partial charge on any atom is 0.390 e. The van der Waals surface area contributed by atoms with Crippen molar-refractivity contribution in [2.75, 3.05) is 0 Å². The van der Waals surface area contributed by atoms with E-state index in [9.17, 15) is 18.0 Å². The van der Waals surface area contributed by atoms with Gasteiger partial charge in [-0.2, -0.15) is 13.2 Å². The molecule has 3 nitrogen and oxygen atoms in total. The summed E-state index contributed by atoms with van der Waals surface area (Å²) in [7, 11) is 0. The molecule has 0 bridgehead atoms.